The number of aryl methyl sites for hydroxylation is 1. The molecule has 0 aliphatic carbocycles. The molecule has 0 radical (unpaired) electrons. The van der Waals surface area contributed by atoms with Crippen LogP contribution in [0.5, 0.6) is 0 Å². The van der Waals surface area contributed by atoms with E-state index in [0.29, 0.717) is 32.5 Å². The van der Waals surface area contributed by atoms with Crippen molar-refractivity contribution in [2.75, 3.05) is 25.4 Å². The number of sulfonamides is 1. The van der Waals surface area contributed by atoms with E-state index in [4.69, 9.17) is 5.73 Å². The number of hydrogen-bond acceptors (Lipinski definition) is 4. The first-order valence-corrected chi connectivity index (χ1v) is 7.79. The van der Waals surface area contributed by atoms with Crippen LogP contribution in [0.15, 0.2) is 24.4 Å². The van der Waals surface area contributed by atoms with Gasteiger partial charge in [0.25, 0.3) is 0 Å². The summed E-state index contributed by atoms with van der Waals surface area (Å²) in [6.45, 7) is 3.34. The van der Waals surface area contributed by atoms with Crippen LogP contribution in [0, 0.1) is 0 Å². The van der Waals surface area contributed by atoms with Gasteiger partial charge in [0.15, 0.2) is 0 Å². The van der Waals surface area contributed by atoms with Crippen molar-refractivity contribution in [2.24, 2.45) is 5.73 Å². The molecule has 0 spiro atoms. The fourth-order valence-electron chi connectivity index (χ4n) is 1.67. The zero-order valence-electron chi connectivity index (χ0n) is 10.7. The first-order chi connectivity index (χ1) is 8.60. The average molecular weight is 271 g/mol. The Bertz CT molecular complexity index is 434. The lowest BCUT2D eigenvalue weighted by Gasteiger charge is -2.19. The molecule has 0 atom stereocenters. The van der Waals surface area contributed by atoms with Crippen molar-refractivity contribution < 1.29 is 8.42 Å². The van der Waals surface area contributed by atoms with Crippen LogP contribution in [0.3, 0.4) is 0 Å². The Balaban J connectivity index is 2.57. The van der Waals surface area contributed by atoms with Gasteiger partial charge in [0.05, 0.1) is 5.75 Å². The summed E-state index contributed by atoms with van der Waals surface area (Å²) in [5.74, 6) is 0.0996. The van der Waals surface area contributed by atoms with E-state index in [9.17, 15) is 8.42 Å². The van der Waals surface area contributed by atoms with Crippen LogP contribution in [0.4, 0.5) is 0 Å². The molecule has 0 aromatic carbocycles. The third kappa shape index (κ3) is 4.72. The third-order valence-corrected chi connectivity index (χ3v) is 4.65. The number of rotatable bonds is 8. The molecular weight excluding hydrogens is 250 g/mol. The van der Waals surface area contributed by atoms with Gasteiger partial charge in [-0.25, -0.2) is 12.7 Å². The van der Waals surface area contributed by atoms with Crippen molar-refractivity contribution in [1.29, 1.82) is 0 Å². The minimum absolute atomic E-state index is 0.0996. The summed E-state index contributed by atoms with van der Waals surface area (Å²) >= 11 is 0. The lowest BCUT2D eigenvalue weighted by atomic mass is 10.3. The normalized spacial score (nSPS) is 11.9. The molecule has 0 aliphatic heterocycles. The predicted molar refractivity (Wildman–Crippen MR) is 72.6 cm³/mol. The molecule has 1 aromatic rings. The molecule has 0 amide bonds. The molecule has 1 rings (SSSR count). The number of pyridine rings is 1. The van der Waals surface area contributed by atoms with Crippen molar-refractivity contribution in [3.8, 4) is 0 Å². The first kappa shape index (κ1) is 15.1. The molecule has 1 heterocycles. The lowest BCUT2D eigenvalue weighted by molar-refractivity contribution is 0.422. The smallest absolute Gasteiger partial charge is 0.214 e. The van der Waals surface area contributed by atoms with Crippen molar-refractivity contribution in [3.63, 3.8) is 0 Å². The number of nitrogens with zero attached hydrogens (tertiary/aromatic N) is 2. The number of nitrogens with two attached hydrogens (primary N) is 1. The Kier molecular flexibility index (Phi) is 6.24. The second-order valence-corrected chi connectivity index (χ2v) is 6.11. The van der Waals surface area contributed by atoms with E-state index in [1.54, 1.807) is 6.20 Å². The highest BCUT2D eigenvalue weighted by molar-refractivity contribution is 7.89. The molecule has 0 aliphatic rings. The Morgan fingerprint density at radius 2 is 2.17 bits per heavy atom. The molecule has 0 saturated heterocycles. The zero-order chi connectivity index (χ0) is 13.4. The van der Waals surface area contributed by atoms with Gasteiger partial charge in [-0.05, 0) is 25.1 Å². The van der Waals surface area contributed by atoms with E-state index in [2.05, 4.69) is 4.98 Å². The first-order valence-electron chi connectivity index (χ1n) is 6.18. The molecule has 2 N–H and O–H groups in total. The van der Waals surface area contributed by atoms with Crippen LogP contribution in [0.1, 0.15) is 19.0 Å². The Labute approximate surface area is 109 Å². The standard InChI is InChI=1S/C12H21N3O2S/c1-2-15(10-5-8-13)18(16,17)11-7-12-6-3-4-9-14-12/h3-4,6,9H,2,5,7-8,10-11,13H2,1H3. The van der Waals surface area contributed by atoms with Gasteiger partial charge in [0, 0.05) is 31.4 Å². The van der Waals surface area contributed by atoms with E-state index in [-0.39, 0.29) is 5.75 Å². The second kappa shape index (κ2) is 7.45. The summed E-state index contributed by atoms with van der Waals surface area (Å²) in [5, 5.41) is 0. The van der Waals surface area contributed by atoms with Crippen LogP contribution >= 0.6 is 0 Å². The SMILES string of the molecule is CCN(CCCN)S(=O)(=O)CCc1ccccn1. The lowest BCUT2D eigenvalue weighted by Crippen LogP contribution is -2.35. The fourth-order valence-corrected chi connectivity index (χ4v) is 3.20. The maximum absolute atomic E-state index is 12.1. The van der Waals surface area contributed by atoms with Crippen molar-refractivity contribution >= 4 is 10.0 Å². The van der Waals surface area contributed by atoms with Gasteiger partial charge in [0.1, 0.15) is 0 Å². The fraction of sp³-hybridized carbons (Fsp3) is 0.583. The molecule has 0 unspecified atom stereocenters. The molecular formula is C12H21N3O2S. The van der Waals surface area contributed by atoms with E-state index >= 15 is 0 Å². The topological polar surface area (TPSA) is 76.3 Å². The molecule has 0 saturated carbocycles. The molecule has 6 heteroatoms. The summed E-state index contributed by atoms with van der Waals surface area (Å²) in [7, 11) is -3.21. The van der Waals surface area contributed by atoms with Gasteiger partial charge in [-0.1, -0.05) is 13.0 Å². The Morgan fingerprint density at radius 1 is 1.39 bits per heavy atom. The molecule has 1 aromatic heterocycles. The van der Waals surface area contributed by atoms with E-state index in [0.717, 1.165) is 5.69 Å². The summed E-state index contributed by atoms with van der Waals surface area (Å²) in [5.41, 5.74) is 6.21. The van der Waals surface area contributed by atoms with Crippen LogP contribution in [-0.4, -0.2) is 43.1 Å². The monoisotopic (exact) mass is 271 g/mol. The Morgan fingerprint density at radius 3 is 2.72 bits per heavy atom. The van der Waals surface area contributed by atoms with Gasteiger partial charge in [-0.15, -0.1) is 0 Å². The highest BCUT2D eigenvalue weighted by Gasteiger charge is 2.19. The maximum Gasteiger partial charge on any atom is 0.214 e. The summed E-state index contributed by atoms with van der Waals surface area (Å²) < 4.78 is 25.7. The van der Waals surface area contributed by atoms with Crippen LogP contribution in [0.25, 0.3) is 0 Å². The van der Waals surface area contributed by atoms with Crippen molar-refractivity contribution in [3.05, 3.63) is 30.1 Å². The molecule has 5 nitrogen and oxygen atoms in total. The maximum atomic E-state index is 12.1. The van der Waals surface area contributed by atoms with Gasteiger partial charge in [0.2, 0.25) is 10.0 Å². The summed E-state index contributed by atoms with van der Waals surface area (Å²) in [4.78, 5) is 4.13. The van der Waals surface area contributed by atoms with Crippen molar-refractivity contribution in [2.45, 2.75) is 19.8 Å². The predicted octanol–water partition coefficient (Wildman–Crippen LogP) is 0.625. The Hall–Kier alpha value is -0.980. The molecule has 102 valence electrons. The summed E-state index contributed by atoms with van der Waals surface area (Å²) in [6.07, 6.45) is 2.81. The van der Waals surface area contributed by atoms with Gasteiger partial charge < -0.3 is 5.73 Å². The number of aromatic nitrogens is 1. The second-order valence-electron chi connectivity index (χ2n) is 4.02. The molecule has 18 heavy (non-hydrogen) atoms. The zero-order valence-corrected chi connectivity index (χ0v) is 11.6. The van der Waals surface area contributed by atoms with Crippen LogP contribution in [0.2, 0.25) is 0 Å². The van der Waals surface area contributed by atoms with E-state index in [1.165, 1.54) is 4.31 Å². The molecule has 0 fully saturated rings. The van der Waals surface area contributed by atoms with Gasteiger partial charge in [-0.3, -0.25) is 4.98 Å². The largest absolute Gasteiger partial charge is 0.330 e. The van der Waals surface area contributed by atoms with E-state index < -0.39 is 10.0 Å². The summed E-state index contributed by atoms with van der Waals surface area (Å²) in [6, 6.07) is 5.52. The third-order valence-electron chi connectivity index (χ3n) is 2.70. The van der Waals surface area contributed by atoms with Crippen LogP contribution < -0.4 is 5.73 Å². The van der Waals surface area contributed by atoms with Crippen LogP contribution in [-0.2, 0) is 16.4 Å². The number of hydrogen-bond donors (Lipinski definition) is 1. The quantitative estimate of drug-likeness (QED) is 0.752. The highest BCUT2D eigenvalue weighted by Crippen LogP contribution is 2.05. The van der Waals surface area contributed by atoms with Gasteiger partial charge >= 0.3 is 0 Å². The average Bonchev–Trinajstić information content (AvgIpc) is 2.38. The van der Waals surface area contributed by atoms with E-state index in [1.807, 2.05) is 25.1 Å². The van der Waals surface area contributed by atoms with Crippen molar-refractivity contribution in [1.82, 2.24) is 9.29 Å². The minimum atomic E-state index is -3.21. The van der Waals surface area contributed by atoms with Gasteiger partial charge in [-0.2, -0.15) is 0 Å². The molecule has 0 bridgehead atoms. The minimum Gasteiger partial charge on any atom is -0.330 e. The highest BCUT2D eigenvalue weighted by atomic mass is 32.2.